The monoisotopic (exact) mass is 400 g/mol. The number of likely N-dealkylation sites (tertiary alicyclic amines) is 2. The normalized spacial score (nSPS) is 23.7. The Balaban J connectivity index is 1.37. The van der Waals surface area contributed by atoms with Gasteiger partial charge in [-0.25, -0.2) is 0 Å². The van der Waals surface area contributed by atoms with Crippen LogP contribution >= 0.6 is 0 Å². The van der Waals surface area contributed by atoms with E-state index < -0.39 is 0 Å². The van der Waals surface area contributed by atoms with Crippen LogP contribution in [0.5, 0.6) is 0 Å². The molecule has 3 rings (SSSR count). The molecule has 0 spiro atoms. The van der Waals surface area contributed by atoms with Crippen LogP contribution in [0.2, 0.25) is 0 Å². The van der Waals surface area contributed by atoms with Gasteiger partial charge < -0.3 is 19.9 Å². The van der Waals surface area contributed by atoms with E-state index in [1.54, 1.807) is 0 Å². The highest BCUT2D eigenvalue weighted by atomic mass is 16.5. The molecule has 1 aromatic rings. The molecule has 2 aliphatic rings. The average Bonchev–Trinajstić information content (AvgIpc) is 3.18. The van der Waals surface area contributed by atoms with Gasteiger partial charge in [-0.05, 0) is 43.2 Å². The lowest BCUT2D eigenvalue weighted by Crippen LogP contribution is -2.46. The Bertz CT molecular complexity index is 619. The van der Waals surface area contributed by atoms with Crippen LogP contribution in [0.1, 0.15) is 38.7 Å². The number of nitrogens with zero attached hydrogens (tertiary/aromatic N) is 3. The number of nitrogens with one attached hydrogen (secondary N) is 1. The zero-order chi connectivity index (χ0) is 20.5. The maximum atomic E-state index is 5.97. The number of ether oxygens (including phenoxy) is 1. The van der Waals surface area contributed by atoms with Gasteiger partial charge in [0.15, 0.2) is 5.96 Å². The lowest BCUT2D eigenvalue weighted by molar-refractivity contribution is 0.0906. The molecular weight excluding hydrogens is 360 g/mol. The van der Waals surface area contributed by atoms with Crippen molar-refractivity contribution >= 4 is 5.96 Å². The van der Waals surface area contributed by atoms with Gasteiger partial charge in [0.2, 0.25) is 0 Å². The molecule has 2 unspecified atom stereocenters. The third-order valence-corrected chi connectivity index (χ3v) is 6.04. The van der Waals surface area contributed by atoms with Gasteiger partial charge in [-0.1, -0.05) is 44.2 Å². The summed E-state index contributed by atoms with van der Waals surface area (Å²) < 4.78 is 5.97. The van der Waals surface area contributed by atoms with Gasteiger partial charge in [0.1, 0.15) is 0 Å². The first-order valence-corrected chi connectivity index (χ1v) is 11.4. The summed E-state index contributed by atoms with van der Waals surface area (Å²) in [5.41, 5.74) is 1.25. The minimum Gasteiger partial charge on any atom is -0.376 e. The fraction of sp³-hybridized carbons (Fsp3) is 0.708. The molecular formula is C24H40N4O. The van der Waals surface area contributed by atoms with Crippen molar-refractivity contribution in [3.8, 4) is 0 Å². The topological polar surface area (TPSA) is 40.1 Å². The van der Waals surface area contributed by atoms with E-state index in [9.17, 15) is 0 Å². The smallest absolute Gasteiger partial charge is 0.193 e. The highest BCUT2D eigenvalue weighted by molar-refractivity contribution is 5.80. The van der Waals surface area contributed by atoms with Crippen LogP contribution in [0.3, 0.4) is 0 Å². The summed E-state index contributed by atoms with van der Waals surface area (Å²) in [6, 6.07) is 10.4. The lowest BCUT2D eigenvalue weighted by atomic mass is 9.97. The van der Waals surface area contributed by atoms with E-state index in [4.69, 9.17) is 4.74 Å². The Hall–Kier alpha value is -1.59. The van der Waals surface area contributed by atoms with Crippen molar-refractivity contribution in [3.05, 3.63) is 35.9 Å². The van der Waals surface area contributed by atoms with Crippen LogP contribution < -0.4 is 5.32 Å². The molecule has 0 saturated carbocycles. The first-order chi connectivity index (χ1) is 14.1. The van der Waals surface area contributed by atoms with Crippen molar-refractivity contribution < 1.29 is 4.74 Å². The molecule has 5 heteroatoms. The fourth-order valence-corrected chi connectivity index (χ4v) is 4.65. The molecule has 0 amide bonds. The number of hydrogen-bond donors (Lipinski definition) is 1. The van der Waals surface area contributed by atoms with Crippen LogP contribution in [-0.2, 0) is 11.3 Å². The summed E-state index contributed by atoms with van der Waals surface area (Å²) in [6.45, 7) is 13.0. The Kier molecular flexibility index (Phi) is 8.81. The predicted octanol–water partition coefficient (Wildman–Crippen LogP) is 3.47. The van der Waals surface area contributed by atoms with Crippen LogP contribution in [0.4, 0.5) is 0 Å². The van der Waals surface area contributed by atoms with Crippen LogP contribution in [-0.4, -0.2) is 68.7 Å². The minimum atomic E-state index is 0.591. The minimum absolute atomic E-state index is 0.591. The second kappa shape index (κ2) is 11.6. The van der Waals surface area contributed by atoms with E-state index >= 15 is 0 Å². The Labute approximate surface area is 177 Å². The van der Waals surface area contributed by atoms with E-state index in [0.717, 1.165) is 44.0 Å². The summed E-state index contributed by atoms with van der Waals surface area (Å²) in [4.78, 5) is 9.61. The first-order valence-electron chi connectivity index (χ1n) is 11.4. The first kappa shape index (κ1) is 22.1. The number of rotatable bonds is 8. The van der Waals surface area contributed by atoms with E-state index in [0.29, 0.717) is 12.5 Å². The summed E-state index contributed by atoms with van der Waals surface area (Å²) in [5.74, 6) is 3.14. The van der Waals surface area contributed by atoms with Crippen molar-refractivity contribution in [1.29, 1.82) is 0 Å². The quantitative estimate of drug-likeness (QED) is 0.536. The molecule has 0 aliphatic carbocycles. The number of piperidine rings is 1. The van der Waals surface area contributed by atoms with Crippen LogP contribution in [0, 0.1) is 17.8 Å². The lowest BCUT2D eigenvalue weighted by Gasteiger charge is -2.34. The highest BCUT2D eigenvalue weighted by Crippen LogP contribution is 2.19. The summed E-state index contributed by atoms with van der Waals surface area (Å²) >= 11 is 0. The molecule has 2 aliphatic heterocycles. The number of guanidine groups is 1. The molecule has 162 valence electrons. The molecule has 0 aromatic heterocycles. The number of benzene rings is 1. The van der Waals surface area contributed by atoms with Gasteiger partial charge in [-0.2, -0.15) is 0 Å². The average molecular weight is 401 g/mol. The molecule has 2 heterocycles. The van der Waals surface area contributed by atoms with Gasteiger partial charge in [-0.3, -0.25) is 4.99 Å². The maximum Gasteiger partial charge on any atom is 0.193 e. The zero-order valence-corrected chi connectivity index (χ0v) is 18.6. The zero-order valence-electron chi connectivity index (χ0n) is 18.6. The fourth-order valence-electron chi connectivity index (χ4n) is 4.65. The molecule has 29 heavy (non-hydrogen) atoms. The summed E-state index contributed by atoms with van der Waals surface area (Å²) in [5, 5.41) is 3.67. The summed E-state index contributed by atoms with van der Waals surface area (Å²) in [7, 11) is 1.91. The van der Waals surface area contributed by atoms with Crippen LogP contribution in [0.25, 0.3) is 0 Å². The molecule has 0 bridgehead atoms. The second-order valence-corrected chi connectivity index (χ2v) is 9.19. The van der Waals surface area contributed by atoms with E-state index in [2.05, 4.69) is 58.2 Å². The molecule has 1 N–H and O–H groups in total. The van der Waals surface area contributed by atoms with E-state index in [1.165, 1.54) is 44.5 Å². The SMILES string of the molecule is CN=C(NCC1CCCN(CC(C)C)C1)N1CCC(COCc2ccccc2)C1. The van der Waals surface area contributed by atoms with Crippen molar-refractivity contribution in [1.82, 2.24) is 15.1 Å². The molecule has 0 radical (unpaired) electrons. The van der Waals surface area contributed by atoms with Gasteiger partial charge in [0.05, 0.1) is 13.2 Å². The molecule has 5 nitrogen and oxygen atoms in total. The van der Waals surface area contributed by atoms with Crippen molar-refractivity contribution in [2.24, 2.45) is 22.7 Å². The second-order valence-electron chi connectivity index (χ2n) is 9.19. The Morgan fingerprint density at radius 3 is 2.72 bits per heavy atom. The van der Waals surface area contributed by atoms with Gasteiger partial charge in [0, 0.05) is 45.7 Å². The van der Waals surface area contributed by atoms with Gasteiger partial charge >= 0.3 is 0 Å². The maximum absolute atomic E-state index is 5.97. The Morgan fingerprint density at radius 1 is 1.14 bits per heavy atom. The third kappa shape index (κ3) is 7.31. The number of aliphatic imine (C=N–C) groups is 1. The molecule has 2 fully saturated rings. The molecule has 2 atom stereocenters. The van der Waals surface area contributed by atoms with Crippen LogP contribution in [0.15, 0.2) is 35.3 Å². The largest absolute Gasteiger partial charge is 0.376 e. The van der Waals surface area contributed by atoms with Crippen molar-refractivity contribution in [2.45, 2.75) is 39.7 Å². The van der Waals surface area contributed by atoms with Crippen molar-refractivity contribution in [3.63, 3.8) is 0 Å². The standard InChI is InChI=1S/C24H40N4O/c1-20(2)15-27-12-7-10-22(16-27)14-26-24(25-3)28-13-11-23(17-28)19-29-18-21-8-5-4-6-9-21/h4-6,8-9,20,22-23H,7,10-19H2,1-3H3,(H,25,26). The van der Waals surface area contributed by atoms with Gasteiger partial charge in [-0.15, -0.1) is 0 Å². The summed E-state index contributed by atoms with van der Waals surface area (Å²) in [6.07, 6.45) is 3.83. The highest BCUT2D eigenvalue weighted by Gasteiger charge is 2.26. The molecule has 2 saturated heterocycles. The van der Waals surface area contributed by atoms with Gasteiger partial charge in [0.25, 0.3) is 0 Å². The van der Waals surface area contributed by atoms with E-state index in [-0.39, 0.29) is 0 Å². The molecule has 1 aromatic carbocycles. The third-order valence-electron chi connectivity index (χ3n) is 6.04. The number of hydrogen-bond acceptors (Lipinski definition) is 3. The van der Waals surface area contributed by atoms with Crippen molar-refractivity contribution in [2.75, 3.05) is 52.9 Å². The Morgan fingerprint density at radius 2 is 1.97 bits per heavy atom. The predicted molar refractivity (Wildman–Crippen MR) is 121 cm³/mol. The van der Waals surface area contributed by atoms with E-state index in [1.807, 2.05) is 13.1 Å².